The van der Waals surface area contributed by atoms with E-state index in [9.17, 15) is 19.5 Å². The van der Waals surface area contributed by atoms with Crippen molar-refractivity contribution in [1.29, 1.82) is 0 Å². The van der Waals surface area contributed by atoms with Crippen molar-refractivity contribution in [2.75, 3.05) is 24.3 Å². The topological polar surface area (TPSA) is 108 Å². The first-order chi connectivity index (χ1) is 17.0. The number of anilines is 2. The fourth-order valence-corrected chi connectivity index (χ4v) is 4.18. The molecule has 1 fully saturated rings. The molecule has 1 aliphatic rings. The van der Waals surface area contributed by atoms with E-state index >= 15 is 0 Å². The molecular formula is C27H27N3O5. The van der Waals surface area contributed by atoms with Crippen molar-refractivity contribution in [3.63, 3.8) is 0 Å². The van der Waals surface area contributed by atoms with Gasteiger partial charge in [-0.3, -0.25) is 4.79 Å². The molecule has 0 saturated carbocycles. The summed E-state index contributed by atoms with van der Waals surface area (Å²) >= 11 is 0. The fraction of sp³-hybridized carbons (Fsp3) is 0.222. The van der Waals surface area contributed by atoms with E-state index < -0.39 is 12.0 Å². The molecule has 0 spiro atoms. The molecule has 8 nitrogen and oxygen atoms in total. The van der Waals surface area contributed by atoms with E-state index in [1.165, 1.54) is 4.90 Å². The Balaban J connectivity index is 1.40. The Morgan fingerprint density at radius 2 is 1.54 bits per heavy atom. The van der Waals surface area contributed by atoms with Crippen LogP contribution < -0.4 is 15.4 Å². The number of carboxylic acid groups (broad SMARTS) is 1. The molecule has 0 aliphatic carbocycles. The molecule has 1 aliphatic heterocycles. The lowest BCUT2D eigenvalue weighted by Crippen LogP contribution is -2.47. The number of para-hydroxylation sites is 2. The molecule has 3 aromatic rings. The molecular weight excluding hydrogens is 446 g/mol. The van der Waals surface area contributed by atoms with E-state index in [-0.39, 0.29) is 11.9 Å². The second-order valence-electron chi connectivity index (χ2n) is 8.28. The minimum absolute atomic E-state index is 0.260. The number of hydrogen-bond acceptors (Lipinski definition) is 4. The molecule has 180 valence electrons. The SMILES string of the molecule is COc1ccccc1NC(=O)Nc1ccc(-c2ccc(C(=O)N3CCCC[C@H]3C(=O)O)cc2)cc1. The number of ether oxygens (including phenoxy) is 1. The zero-order valence-electron chi connectivity index (χ0n) is 19.4. The number of rotatable bonds is 6. The maximum Gasteiger partial charge on any atom is 0.326 e. The summed E-state index contributed by atoms with van der Waals surface area (Å²) in [6, 6.07) is 20.4. The van der Waals surface area contributed by atoms with Crippen LogP contribution in [0, 0.1) is 0 Å². The lowest BCUT2D eigenvalue weighted by atomic mass is 9.99. The minimum Gasteiger partial charge on any atom is -0.495 e. The number of urea groups is 1. The van der Waals surface area contributed by atoms with E-state index in [1.54, 1.807) is 43.5 Å². The second kappa shape index (κ2) is 10.7. The van der Waals surface area contributed by atoms with Crippen LogP contribution in [-0.2, 0) is 4.79 Å². The second-order valence-corrected chi connectivity index (χ2v) is 8.28. The van der Waals surface area contributed by atoms with Gasteiger partial charge >= 0.3 is 12.0 Å². The summed E-state index contributed by atoms with van der Waals surface area (Å²) in [6.45, 7) is 0.455. The molecule has 1 atom stereocenters. The van der Waals surface area contributed by atoms with E-state index in [1.807, 2.05) is 36.4 Å². The van der Waals surface area contributed by atoms with Crippen LogP contribution >= 0.6 is 0 Å². The number of amides is 3. The van der Waals surface area contributed by atoms with Crippen LogP contribution in [0.2, 0.25) is 0 Å². The maximum absolute atomic E-state index is 12.9. The van der Waals surface area contributed by atoms with E-state index in [0.717, 1.165) is 24.0 Å². The molecule has 0 bridgehead atoms. The van der Waals surface area contributed by atoms with Crippen LogP contribution in [0.5, 0.6) is 5.75 Å². The third-order valence-corrected chi connectivity index (χ3v) is 6.01. The van der Waals surface area contributed by atoms with Crippen molar-refractivity contribution in [3.05, 3.63) is 78.4 Å². The average Bonchev–Trinajstić information content (AvgIpc) is 2.89. The number of nitrogens with zero attached hydrogens (tertiary/aromatic N) is 1. The van der Waals surface area contributed by atoms with Gasteiger partial charge in [0.1, 0.15) is 11.8 Å². The molecule has 0 aromatic heterocycles. The maximum atomic E-state index is 12.9. The van der Waals surface area contributed by atoms with Crippen molar-refractivity contribution >= 4 is 29.3 Å². The monoisotopic (exact) mass is 473 g/mol. The smallest absolute Gasteiger partial charge is 0.326 e. The first-order valence-corrected chi connectivity index (χ1v) is 11.4. The van der Waals surface area contributed by atoms with Crippen LogP contribution in [0.25, 0.3) is 11.1 Å². The Morgan fingerprint density at radius 1 is 0.886 bits per heavy atom. The van der Waals surface area contributed by atoms with Crippen LogP contribution in [0.4, 0.5) is 16.2 Å². The van der Waals surface area contributed by atoms with Gasteiger partial charge in [-0.05, 0) is 66.8 Å². The molecule has 35 heavy (non-hydrogen) atoms. The van der Waals surface area contributed by atoms with Crippen LogP contribution in [0.3, 0.4) is 0 Å². The van der Waals surface area contributed by atoms with Gasteiger partial charge in [-0.25, -0.2) is 9.59 Å². The molecule has 4 rings (SSSR count). The summed E-state index contributed by atoms with van der Waals surface area (Å²) in [6.07, 6.45) is 2.11. The Kier molecular flexibility index (Phi) is 7.30. The summed E-state index contributed by atoms with van der Waals surface area (Å²) in [4.78, 5) is 38.2. The predicted octanol–water partition coefficient (Wildman–Crippen LogP) is 5.09. The lowest BCUT2D eigenvalue weighted by Gasteiger charge is -2.33. The van der Waals surface area contributed by atoms with Crippen LogP contribution in [-0.4, -0.2) is 47.6 Å². The summed E-state index contributed by atoms with van der Waals surface area (Å²) in [5, 5.41) is 15.0. The summed E-state index contributed by atoms with van der Waals surface area (Å²) in [7, 11) is 1.54. The number of nitrogens with one attached hydrogen (secondary N) is 2. The normalized spacial score (nSPS) is 15.2. The molecule has 8 heteroatoms. The van der Waals surface area contributed by atoms with Crippen molar-refractivity contribution in [1.82, 2.24) is 4.90 Å². The highest BCUT2D eigenvalue weighted by Gasteiger charge is 2.32. The number of hydrogen-bond donors (Lipinski definition) is 3. The number of methoxy groups -OCH3 is 1. The Hall–Kier alpha value is -4.33. The van der Waals surface area contributed by atoms with E-state index in [4.69, 9.17) is 4.74 Å². The molecule has 0 unspecified atom stereocenters. The number of carbonyl (C=O) groups excluding carboxylic acids is 2. The Bertz CT molecular complexity index is 1210. The Morgan fingerprint density at radius 3 is 2.20 bits per heavy atom. The minimum atomic E-state index is -0.958. The Labute approximate surface area is 203 Å². The van der Waals surface area contributed by atoms with Gasteiger partial charge in [0.05, 0.1) is 12.8 Å². The predicted molar refractivity (Wildman–Crippen MR) is 134 cm³/mol. The molecule has 3 amide bonds. The highest BCUT2D eigenvalue weighted by Crippen LogP contribution is 2.26. The number of piperidine rings is 1. The quantitative estimate of drug-likeness (QED) is 0.462. The van der Waals surface area contributed by atoms with E-state index in [0.29, 0.717) is 35.7 Å². The number of aliphatic carboxylic acids is 1. The van der Waals surface area contributed by atoms with Gasteiger partial charge in [-0.1, -0.05) is 36.4 Å². The van der Waals surface area contributed by atoms with Gasteiger partial charge in [0.2, 0.25) is 0 Å². The highest BCUT2D eigenvalue weighted by atomic mass is 16.5. The number of benzene rings is 3. The van der Waals surface area contributed by atoms with Gasteiger partial charge < -0.3 is 25.4 Å². The third kappa shape index (κ3) is 5.60. The molecule has 1 heterocycles. The van der Waals surface area contributed by atoms with Crippen molar-refractivity contribution < 1.29 is 24.2 Å². The standard InChI is InChI=1S/C27H27N3O5/c1-35-24-8-3-2-6-22(24)29-27(34)28-21-15-13-19(14-16-21)18-9-11-20(12-10-18)25(31)30-17-5-4-7-23(30)26(32)33/h2-3,6,8-16,23H,4-5,7,17H2,1H3,(H,32,33)(H2,28,29,34)/t23-/m0/s1. The summed E-state index contributed by atoms with van der Waals surface area (Å²) < 4.78 is 5.24. The largest absolute Gasteiger partial charge is 0.495 e. The first kappa shape index (κ1) is 23.8. The number of carboxylic acids is 1. The van der Waals surface area contributed by atoms with Gasteiger partial charge in [-0.2, -0.15) is 0 Å². The number of carbonyl (C=O) groups is 3. The van der Waals surface area contributed by atoms with Crippen LogP contribution in [0.1, 0.15) is 29.6 Å². The third-order valence-electron chi connectivity index (χ3n) is 6.01. The first-order valence-electron chi connectivity index (χ1n) is 11.4. The van der Waals surface area contributed by atoms with Crippen LogP contribution in [0.15, 0.2) is 72.8 Å². The lowest BCUT2D eigenvalue weighted by molar-refractivity contribution is -0.143. The van der Waals surface area contributed by atoms with Gasteiger partial charge in [-0.15, -0.1) is 0 Å². The van der Waals surface area contributed by atoms with Gasteiger partial charge in [0.15, 0.2) is 0 Å². The fourth-order valence-electron chi connectivity index (χ4n) is 4.18. The molecule has 0 radical (unpaired) electrons. The average molecular weight is 474 g/mol. The number of likely N-dealkylation sites (tertiary alicyclic amines) is 1. The van der Waals surface area contributed by atoms with Crippen molar-refractivity contribution in [2.45, 2.75) is 25.3 Å². The summed E-state index contributed by atoms with van der Waals surface area (Å²) in [5.41, 5.74) is 3.48. The molecule has 1 saturated heterocycles. The van der Waals surface area contributed by atoms with Gasteiger partial charge in [0.25, 0.3) is 5.91 Å². The van der Waals surface area contributed by atoms with Gasteiger partial charge in [0, 0.05) is 17.8 Å². The van der Waals surface area contributed by atoms with Crippen molar-refractivity contribution in [3.8, 4) is 16.9 Å². The zero-order chi connectivity index (χ0) is 24.8. The van der Waals surface area contributed by atoms with Crippen molar-refractivity contribution in [2.24, 2.45) is 0 Å². The molecule has 3 N–H and O–H groups in total. The summed E-state index contributed by atoms with van der Waals surface area (Å²) in [5.74, 6) is -0.650. The zero-order valence-corrected chi connectivity index (χ0v) is 19.4. The van der Waals surface area contributed by atoms with E-state index in [2.05, 4.69) is 10.6 Å². The highest BCUT2D eigenvalue weighted by molar-refractivity contribution is 6.01. The molecule has 3 aromatic carbocycles.